The topological polar surface area (TPSA) is 82.0 Å². The van der Waals surface area contributed by atoms with Gasteiger partial charge >= 0.3 is 12.0 Å². The molecule has 33 heavy (non-hydrogen) atoms. The zero-order valence-corrected chi connectivity index (χ0v) is 18.9. The van der Waals surface area contributed by atoms with Crippen molar-refractivity contribution in [1.29, 1.82) is 0 Å². The molecule has 2 amide bonds. The Morgan fingerprint density at radius 3 is 2.58 bits per heavy atom. The van der Waals surface area contributed by atoms with E-state index in [1.807, 2.05) is 60.8 Å². The zero-order valence-electron chi connectivity index (χ0n) is 18.9. The Bertz CT molecular complexity index is 1160. The number of rotatable bonds is 6. The van der Waals surface area contributed by atoms with E-state index in [-0.39, 0.29) is 19.2 Å². The third kappa shape index (κ3) is 4.37. The molecule has 1 aliphatic rings. The highest BCUT2D eigenvalue weighted by Crippen LogP contribution is 2.39. The van der Waals surface area contributed by atoms with Gasteiger partial charge in [0.05, 0.1) is 39.1 Å². The number of carbonyl (C=O) groups excluding carboxylic acids is 2. The molecule has 0 fully saturated rings. The van der Waals surface area contributed by atoms with Crippen molar-refractivity contribution in [3.05, 3.63) is 77.6 Å². The summed E-state index contributed by atoms with van der Waals surface area (Å²) in [4.78, 5) is 27.0. The summed E-state index contributed by atoms with van der Waals surface area (Å²) in [5.41, 5.74) is 3.76. The lowest BCUT2D eigenvalue weighted by atomic mass is 10.0. The number of nitrogens with zero attached hydrogens (tertiary/aromatic N) is 2. The Morgan fingerprint density at radius 1 is 1.03 bits per heavy atom. The molecule has 1 aromatic heterocycles. The summed E-state index contributed by atoms with van der Waals surface area (Å²) in [6.07, 6.45) is 1.99. The summed E-state index contributed by atoms with van der Waals surface area (Å²) < 4.78 is 18.0. The standard InChI is InChI=1S/C25H27N3O5/c1-4-33-23(29)15-26-25(30)28-16-18-8-5-6-9-19(18)27-13-7-10-20(27)24(28)17-11-12-21(31-2)22(14-17)32-3/h5-14,24H,4,15-16H2,1-3H3,(H,26,30)/t24-/m0/s1. The predicted molar refractivity (Wildman–Crippen MR) is 123 cm³/mol. The fourth-order valence-electron chi connectivity index (χ4n) is 4.17. The summed E-state index contributed by atoms with van der Waals surface area (Å²) in [6, 6.07) is 16.7. The Hall–Kier alpha value is -3.94. The first-order chi connectivity index (χ1) is 16.1. The van der Waals surface area contributed by atoms with Gasteiger partial charge in [-0.25, -0.2) is 4.79 Å². The lowest BCUT2D eigenvalue weighted by Gasteiger charge is -2.31. The first-order valence-corrected chi connectivity index (χ1v) is 10.7. The highest BCUT2D eigenvalue weighted by Gasteiger charge is 2.33. The Labute approximate surface area is 192 Å². The van der Waals surface area contributed by atoms with E-state index in [2.05, 4.69) is 9.88 Å². The molecule has 3 aromatic rings. The van der Waals surface area contributed by atoms with Crippen LogP contribution in [0.5, 0.6) is 11.5 Å². The summed E-state index contributed by atoms with van der Waals surface area (Å²) in [5.74, 6) is 0.695. The number of ether oxygens (including phenoxy) is 3. The molecule has 0 aliphatic carbocycles. The minimum absolute atomic E-state index is 0.204. The molecule has 0 radical (unpaired) electrons. The molecule has 0 unspecified atom stereocenters. The molecule has 0 spiro atoms. The maximum atomic E-state index is 13.4. The molecule has 8 heteroatoms. The molecule has 172 valence electrons. The number of amides is 2. The quantitative estimate of drug-likeness (QED) is 0.581. The number of esters is 1. The van der Waals surface area contributed by atoms with Crippen molar-refractivity contribution in [2.45, 2.75) is 19.5 Å². The second kappa shape index (κ2) is 9.68. The number of hydrogen-bond donors (Lipinski definition) is 1. The number of para-hydroxylation sites is 1. The van der Waals surface area contributed by atoms with Gasteiger partial charge in [0.1, 0.15) is 6.54 Å². The van der Waals surface area contributed by atoms with Crippen molar-refractivity contribution in [3.8, 4) is 17.2 Å². The van der Waals surface area contributed by atoms with E-state index in [4.69, 9.17) is 14.2 Å². The molecule has 0 saturated heterocycles. The van der Waals surface area contributed by atoms with Crippen molar-refractivity contribution in [2.75, 3.05) is 27.4 Å². The number of hydrogen-bond acceptors (Lipinski definition) is 5. The summed E-state index contributed by atoms with van der Waals surface area (Å²) >= 11 is 0. The van der Waals surface area contributed by atoms with Gasteiger partial charge in [-0.15, -0.1) is 0 Å². The second-order valence-electron chi connectivity index (χ2n) is 7.54. The van der Waals surface area contributed by atoms with Crippen molar-refractivity contribution in [2.24, 2.45) is 0 Å². The van der Waals surface area contributed by atoms with Gasteiger partial charge in [-0.3, -0.25) is 4.79 Å². The lowest BCUT2D eigenvalue weighted by Crippen LogP contribution is -2.44. The number of carbonyl (C=O) groups is 2. The number of urea groups is 1. The average molecular weight is 450 g/mol. The van der Waals surface area contributed by atoms with Crippen LogP contribution in [0, 0.1) is 0 Å². The largest absolute Gasteiger partial charge is 0.493 e. The van der Waals surface area contributed by atoms with Crippen LogP contribution in [-0.2, 0) is 16.1 Å². The smallest absolute Gasteiger partial charge is 0.325 e. The van der Waals surface area contributed by atoms with Gasteiger partial charge in [-0.2, -0.15) is 0 Å². The molecule has 1 aliphatic heterocycles. The molecule has 2 aromatic carbocycles. The minimum atomic E-state index is -0.480. The molecular weight excluding hydrogens is 422 g/mol. The van der Waals surface area contributed by atoms with Crippen molar-refractivity contribution >= 4 is 12.0 Å². The van der Waals surface area contributed by atoms with E-state index in [0.29, 0.717) is 18.0 Å². The maximum absolute atomic E-state index is 13.4. The predicted octanol–water partition coefficient (Wildman–Crippen LogP) is 3.67. The van der Waals surface area contributed by atoms with Crippen LogP contribution in [-0.4, -0.2) is 48.8 Å². The fraction of sp³-hybridized carbons (Fsp3) is 0.280. The first kappa shape index (κ1) is 22.3. The van der Waals surface area contributed by atoms with Crippen molar-refractivity contribution in [1.82, 2.24) is 14.8 Å². The van der Waals surface area contributed by atoms with Crippen LogP contribution in [0.25, 0.3) is 5.69 Å². The highest BCUT2D eigenvalue weighted by molar-refractivity contribution is 5.81. The molecule has 0 bridgehead atoms. The van der Waals surface area contributed by atoms with Gasteiger partial charge in [-0.1, -0.05) is 24.3 Å². The SMILES string of the molecule is CCOC(=O)CNC(=O)N1Cc2ccccc2-n2cccc2[C@@H]1c1ccc(OC)c(OC)c1. The Balaban J connectivity index is 1.80. The normalized spacial score (nSPS) is 14.5. The molecule has 8 nitrogen and oxygen atoms in total. The molecular formula is C25H27N3O5. The fourth-order valence-corrected chi connectivity index (χ4v) is 4.17. The summed E-state index contributed by atoms with van der Waals surface area (Å²) in [6.45, 7) is 2.14. The van der Waals surface area contributed by atoms with Crippen LogP contribution >= 0.6 is 0 Å². The summed E-state index contributed by atoms with van der Waals surface area (Å²) in [5, 5.41) is 2.72. The minimum Gasteiger partial charge on any atom is -0.493 e. The first-order valence-electron chi connectivity index (χ1n) is 10.7. The number of nitrogens with one attached hydrogen (secondary N) is 1. The number of aromatic nitrogens is 1. The van der Waals surface area contributed by atoms with Crippen LogP contribution in [0.15, 0.2) is 60.8 Å². The third-order valence-electron chi connectivity index (χ3n) is 5.64. The Morgan fingerprint density at radius 2 is 1.82 bits per heavy atom. The van der Waals surface area contributed by atoms with Gasteiger partial charge in [0, 0.05) is 11.9 Å². The maximum Gasteiger partial charge on any atom is 0.325 e. The van der Waals surface area contributed by atoms with Crippen molar-refractivity contribution < 1.29 is 23.8 Å². The highest BCUT2D eigenvalue weighted by atomic mass is 16.5. The molecule has 0 saturated carbocycles. The van der Waals surface area contributed by atoms with Crippen LogP contribution in [0.2, 0.25) is 0 Å². The zero-order chi connectivity index (χ0) is 23.4. The van der Waals surface area contributed by atoms with Gasteiger partial charge in [0.15, 0.2) is 11.5 Å². The van der Waals surface area contributed by atoms with Crippen LogP contribution in [0.4, 0.5) is 4.79 Å². The van der Waals surface area contributed by atoms with E-state index in [1.165, 1.54) is 0 Å². The van der Waals surface area contributed by atoms with E-state index in [1.54, 1.807) is 26.0 Å². The molecule has 1 atom stereocenters. The van der Waals surface area contributed by atoms with Crippen molar-refractivity contribution in [3.63, 3.8) is 0 Å². The third-order valence-corrected chi connectivity index (χ3v) is 5.64. The number of methoxy groups -OCH3 is 2. The second-order valence-corrected chi connectivity index (χ2v) is 7.54. The number of benzene rings is 2. The monoisotopic (exact) mass is 449 g/mol. The van der Waals surface area contributed by atoms with Gasteiger partial charge in [0.25, 0.3) is 0 Å². The average Bonchev–Trinajstić information content (AvgIpc) is 3.26. The molecule has 2 heterocycles. The van der Waals surface area contributed by atoms with Crippen LogP contribution < -0.4 is 14.8 Å². The Kier molecular flexibility index (Phi) is 6.53. The van der Waals surface area contributed by atoms with Crippen LogP contribution in [0.3, 0.4) is 0 Å². The number of fused-ring (bicyclic) bond motifs is 3. The molecule has 4 rings (SSSR count). The molecule has 1 N–H and O–H groups in total. The van der Waals surface area contributed by atoms with E-state index in [0.717, 1.165) is 22.5 Å². The van der Waals surface area contributed by atoms with Crippen LogP contribution in [0.1, 0.15) is 29.8 Å². The van der Waals surface area contributed by atoms with E-state index < -0.39 is 12.0 Å². The van der Waals surface area contributed by atoms with Gasteiger partial charge < -0.3 is 29.0 Å². The summed E-state index contributed by atoms with van der Waals surface area (Å²) in [7, 11) is 3.16. The lowest BCUT2D eigenvalue weighted by molar-refractivity contribution is -0.141. The van der Waals surface area contributed by atoms with E-state index in [9.17, 15) is 9.59 Å². The van der Waals surface area contributed by atoms with Gasteiger partial charge in [-0.05, 0) is 48.4 Å². The van der Waals surface area contributed by atoms with Gasteiger partial charge in [0.2, 0.25) is 0 Å². The van der Waals surface area contributed by atoms with E-state index >= 15 is 0 Å².